The molecule has 0 saturated carbocycles. The summed E-state index contributed by atoms with van der Waals surface area (Å²) in [7, 11) is 0. The third kappa shape index (κ3) is 2.43. The molecule has 0 spiro atoms. The van der Waals surface area contributed by atoms with Crippen LogP contribution in [0.3, 0.4) is 0 Å². The largest absolute Gasteiger partial charge is 0.192 e. The molecule has 0 aliphatic carbocycles. The van der Waals surface area contributed by atoms with E-state index in [0.717, 1.165) is 5.56 Å². The zero-order chi connectivity index (χ0) is 13.3. The van der Waals surface area contributed by atoms with Crippen molar-refractivity contribution >= 4 is 46.4 Å². The van der Waals surface area contributed by atoms with Crippen LogP contribution in [0.4, 0.5) is 0 Å². The van der Waals surface area contributed by atoms with Crippen molar-refractivity contribution in [1.29, 1.82) is 5.26 Å². The van der Waals surface area contributed by atoms with Gasteiger partial charge in [0.05, 0.1) is 20.6 Å². The normalized spacial score (nSPS) is 10.2. The second kappa shape index (κ2) is 5.38. The molecule has 90 valence electrons. The van der Waals surface area contributed by atoms with Crippen molar-refractivity contribution in [3.63, 3.8) is 0 Å². The Morgan fingerprint density at radius 2 is 1.50 bits per heavy atom. The highest BCUT2D eigenvalue weighted by molar-refractivity contribution is 6.46. The van der Waals surface area contributed by atoms with Crippen molar-refractivity contribution in [3.8, 4) is 17.2 Å². The molecule has 0 bridgehead atoms. The van der Waals surface area contributed by atoms with Gasteiger partial charge in [0.1, 0.15) is 6.07 Å². The van der Waals surface area contributed by atoms with Gasteiger partial charge in [0, 0.05) is 10.6 Å². The summed E-state index contributed by atoms with van der Waals surface area (Å²) in [6.07, 6.45) is 0. The Morgan fingerprint density at radius 1 is 0.833 bits per heavy atom. The third-order valence-corrected chi connectivity index (χ3v) is 3.85. The number of hydrogen-bond donors (Lipinski definition) is 0. The zero-order valence-electron chi connectivity index (χ0n) is 8.85. The predicted molar refractivity (Wildman–Crippen MR) is 76.6 cm³/mol. The van der Waals surface area contributed by atoms with E-state index in [1.54, 1.807) is 30.3 Å². The maximum Gasteiger partial charge on any atom is 0.101 e. The maximum absolute atomic E-state index is 8.83. The second-order valence-corrected chi connectivity index (χ2v) is 5.12. The molecule has 0 unspecified atom stereocenters. The van der Waals surface area contributed by atoms with Crippen LogP contribution >= 0.6 is 46.4 Å². The van der Waals surface area contributed by atoms with E-state index in [-0.39, 0.29) is 0 Å². The van der Waals surface area contributed by atoms with Crippen LogP contribution in [0.1, 0.15) is 5.56 Å². The number of halogens is 4. The van der Waals surface area contributed by atoms with Crippen molar-refractivity contribution < 1.29 is 0 Å². The van der Waals surface area contributed by atoms with Crippen LogP contribution in [0, 0.1) is 11.3 Å². The van der Waals surface area contributed by atoms with Crippen LogP contribution in [0.5, 0.6) is 0 Å². The summed E-state index contributed by atoms with van der Waals surface area (Å²) in [5.41, 5.74) is 1.73. The van der Waals surface area contributed by atoms with E-state index in [2.05, 4.69) is 0 Å². The number of benzene rings is 2. The first kappa shape index (κ1) is 13.5. The first-order chi connectivity index (χ1) is 8.54. The number of nitrogens with zero attached hydrogens (tertiary/aromatic N) is 1. The van der Waals surface area contributed by atoms with E-state index in [1.165, 1.54) is 0 Å². The quantitative estimate of drug-likeness (QED) is 0.606. The lowest BCUT2D eigenvalue weighted by Crippen LogP contribution is -1.85. The molecule has 0 atom stereocenters. The summed E-state index contributed by atoms with van der Waals surface area (Å²) in [5, 5.41) is 10.4. The van der Waals surface area contributed by atoms with Gasteiger partial charge in [0.15, 0.2) is 0 Å². The number of nitriles is 1. The molecule has 2 aromatic carbocycles. The van der Waals surface area contributed by atoms with Gasteiger partial charge in [-0.05, 0) is 29.8 Å². The minimum Gasteiger partial charge on any atom is -0.192 e. The SMILES string of the molecule is N#Cc1ccc(-c2c(Cl)ccc(Cl)c2Cl)cc1Cl. The Balaban J connectivity index is 2.67. The minimum absolute atomic E-state index is 0.349. The molecule has 0 N–H and O–H groups in total. The van der Waals surface area contributed by atoms with Crippen LogP contribution in [0.25, 0.3) is 11.1 Å². The molecule has 0 aliphatic heterocycles. The van der Waals surface area contributed by atoms with Crippen molar-refractivity contribution in [2.24, 2.45) is 0 Å². The molecule has 2 aromatic rings. The Morgan fingerprint density at radius 3 is 2.11 bits per heavy atom. The fourth-order valence-electron chi connectivity index (χ4n) is 1.55. The van der Waals surface area contributed by atoms with Gasteiger partial charge in [-0.15, -0.1) is 0 Å². The molecule has 1 nitrogen and oxygen atoms in total. The zero-order valence-corrected chi connectivity index (χ0v) is 11.9. The summed E-state index contributed by atoms with van der Waals surface area (Å²) in [5.74, 6) is 0. The van der Waals surface area contributed by atoms with Gasteiger partial charge in [-0.2, -0.15) is 5.26 Å². The average Bonchev–Trinajstić information content (AvgIpc) is 2.35. The number of hydrogen-bond acceptors (Lipinski definition) is 1. The van der Waals surface area contributed by atoms with Gasteiger partial charge in [0.25, 0.3) is 0 Å². The molecule has 0 amide bonds. The van der Waals surface area contributed by atoms with Gasteiger partial charge in [-0.25, -0.2) is 0 Å². The van der Waals surface area contributed by atoms with Gasteiger partial charge in [-0.3, -0.25) is 0 Å². The molecule has 5 heteroatoms. The molecule has 0 saturated heterocycles. The monoisotopic (exact) mass is 315 g/mol. The van der Waals surface area contributed by atoms with Gasteiger partial charge >= 0.3 is 0 Å². The topological polar surface area (TPSA) is 23.8 Å². The molecular formula is C13H5Cl4N. The molecule has 0 aromatic heterocycles. The molecule has 18 heavy (non-hydrogen) atoms. The highest BCUT2D eigenvalue weighted by atomic mass is 35.5. The van der Waals surface area contributed by atoms with Crippen molar-refractivity contribution in [1.82, 2.24) is 0 Å². The van der Waals surface area contributed by atoms with Gasteiger partial charge in [-0.1, -0.05) is 52.5 Å². The van der Waals surface area contributed by atoms with Gasteiger partial charge in [0.2, 0.25) is 0 Å². The third-order valence-electron chi connectivity index (χ3n) is 2.42. The van der Waals surface area contributed by atoms with E-state index in [4.69, 9.17) is 51.7 Å². The Labute approximate surface area is 124 Å². The lowest BCUT2D eigenvalue weighted by Gasteiger charge is -2.09. The minimum atomic E-state index is 0.349. The van der Waals surface area contributed by atoms with E-state index in [9.17, 15) is 0 Å². The molecule has 0 heterocycles. The highest BCUT2D eigenvalue weighted by Crippen LogP contribution is 2.40. The smallest absolute Gasteiger partial charge is 0.101 e. The lowest BCUT2D eigenvalue weighted by molar-refractivity contribution is 1.48. The second-order valence-electron chi connectivity index (χ2n) is 3.52. The average molecular weight is 317 g/mol. The Hall–Kier alpha value is -0.910. The van der Waals surface area contributed by atoms with Crippen molar-refractivity contribution in [2.75, 3.05) is 0 Å². The van der Waals surface area contributed by atoms with E-state index in [0.29, 0.717) is 31.2 Å². The molecule has 0 radical (unpaired) electrons. The first-order valence-corrected chi connectivity index (χ1v) is 6.39. The van der Waals surface area contributed by atoms with Crippen LogP contribution < -0.4 is 0 Å². The summed E-state index contributed by atoms with van der Waals surface area (Å²) in [6, 6.07) is 10.3. The van der Waals surface area contributed by atoms with Crippen LogP contribution in [0.15, 0.2) is 30.3 Å². The fraction of sp³-hybridized carbons (Fsp3) is 0. The number of rotatable bonds is 1. The maximum atomic E-state index is 8.83. The van der Waals surface area contributed by atoms with E-state index >= 15 is 0 Å². The standard InChI is InChI=1S/C13H5Cl4N/c14-9-3-4-10(15)13(17)12(9)7-1-2-8(6-18)11(16)5-7/h1-5H. The van der Waals surface area contributed by atoms with Gasteiger partial charge < -0.3 is 0 Å². The Kier molecular flexibility index (Phi) is 4.04. The summed E-state index contributed by atoms with van der Waals surface area (Å²) < 4.78 is 0. The molecule has 2 rings (SSSR count). The van der Waals surface area contributed by atoms with Crippen LogP contribution in [-0.2, 0) is 0 Å². The molecule has 0 aliphatic rings. The fourth-order valence-corrected chi connectivity index (χ4v) is 2.52. The first-order valence-electron chi connectivity index (χ1n) is 4.88. The summed E-state index contributed by atoms with van der Waals surface area (Å²) in [4.78, 5) is 0. The summed E-state index contributed by atoms with van der Waals surface area (Å²) in [6.45, 7) is 0. The van der Waals surface area contributed by atoms with E-state index in [1.807, 2.05) is 6.07 Å². The Bertz CT molecular complexity index is 659. The molecule has 0 fully saturated rings. The summed E-state index contributed by atoms with van der Waals surface area (Å²) >= 11 is 24.2. The lowest BCUT2D eigenvalue weighted by atomic mass is 10.0. The molecular weight excluding hydrogens is 312 g/mol. The van der Waals surface area contributed by atoms with Crippen LogP contribution in [-0.4, -0.2) is 0 Å². The highest BCUT2D eigenvalue weighted by Gasteiger charge is 2.13. The van der Waals surface area contributed by atoms with Crippen LogP contribution in [0.2, 0.25) is 20.1 Å². The van der Waals surface area contributed by atoms with Crippen molar-refractivity contribution in [2.45, 2.75) is 0 Å². The predicted octanol–water partition coefficient (Wildman–Crippen LogP) is 5.84. The van der Waals surface area contributed by atoms with E-state index < -0.39 is 0 Å². The van der Waals surface area contributed by atoms with Crippen molar-refractivity contribution in [3.05, 3.63) is 56.0 Å².